The van der Waals surface area contributed by atoms with Gasteiger partial charge in [0, 0.05) is 6.07 Å². The SMILES string of the molecule is Fc1cc(OCC2CCC3(CCCC3)O2)ccc1Cl. The van der Waals surface area contributed by atoms with Crippen LogP contribution in [-0.2, 0) is 4.74 Å². The van der Waals surface area contributed by atoms with Crippen LogP contribution < -0.4 is 4.74 Å². The van der Waals surface area contributed by atoms with E-state index < -0.39 is 5.82 Å². The van der Waals surface area contributed by atoms with Crippen molar-refractivity contribution in [1.29, 1.82) is 0 Å². The van der Waals surface area contributed by atoms with Crippen LogP contribution in [0.2, 0.25) is 5.02 Å². The van der Waals surface area contributed by atoms with Gasteiger partial charge >= 0.3 is 0 Å². The molecule has 1 aliphatic heterocycles. The molecule has 1 aliphatic carbocycles. The van der Waals surface area contributed by atoms with E-state index in [2.05, 4.69) is 0 Å². The van der Waals surface area contributed by atoms with Crippen molar-refractivity contribution in [2.45, 2.75) is 50.2 Å². The van der Waals surface area contributed by atoms with E-state index in [0.717, 1.165) is 12.8 Å². The van der Waals surface area contributed by atoms with Gasteiger partial charge in [0.25, 0.3) is 0 Å². The Bertz CT molecular complexity index is 457. The highest BCUT2D eigenvalue weighted by molar-refractivity contribution is 6.30. The standard InChI is InChI=1S/C15H18ClFO2/c16-13-4-3-11(9-14(13)17)18-10-12-5-8-15(19-12)6-1-2-7-15/h3-4,9,12H,1-2,5-8,10H2. The van der Waals surface area contributed by atoms with Crippen molar-refractivity contribution < 1.29 is 13.9 Å². The zero-order valence-corrected chi connectivity index (χ0v) is 11.6. The van der Waals surface area contributed by atoms with Crippen LogP contribution in [0.25, 0.3) is 0 Å². The van der Waals surface area contributed by atoms with Gasteiger partial charge in [0.1, 0.15) is 18.2 Å². The van der Waals surface area contributed by atoms with Crippen LogP contribution in [0, 0.1) is 5.82 Å². The molecular weight excluding hydrogens is 267 g/mol. The average Bonchev–Trinajstić information content (AvgIpc) is 3.02. The maximum Gasteiger partial charge on any atom is 0.145 e. The molecule has 2 fully saturated rings. The fourth-order valence-corrected chi connectivity index (χ4v) is 3.27. The monoisotopic (exact) mass is 284 g/mol. The number of halogens is 2. The summed E-state index contributed by atoms with van der Waals surface area (Å²) in [6.45, 7) is 0.489. The number of hydrogen-bond acceptors (Lipinski definition) is 2. The largest absolute Gasteiger partial charge is 0.491 e. The van der Waals surface area contributed by atoms with Crippen molar-refractivity contribution in [3.63, 3.8) is 0 Å². The molecule has 1 unspecified atom stereocenters. The molecule has 0 radical (unpaired) electrons. The molecule has 1 saturated carbocycles. The van der Waals surface area contributed by atoms with Crippen LogP contribution in [0.1, 0.15) is 38.5 Å². The Balaban J connectivity index is 1.54. The van der Waals surface area contributed by atoms with E-state index in [1.807, 2.05) is 0 Å². The molecule has 1 atom stereocenters. The smallest absolute Gasteiger partial charge is 0.145 e. The van der Waals surface area contributed by atoms with Crippen LogP contribution in [0.3, 0.4) is 0 Å². The normalized spacial score (nSPS) is 25.1. The minimum Gasteiger partial charge on any atom is -0.491 e. The number of hydrogen-bond donors (Lipinski definition) is 0. The first-order valence-corrected chi connectivity index (χ1v) is 7.30. The molecule has 0 bridgehead atoms. The molecule has 1 spiro atoms. The van der Waals surface area contributed by atoms with Gasteiger partial charge in [-0.15, -0.1) is 0 Å². The molecule has 19 heavy (non-hydrogen) atoms. The summed E-state index contributed by atoms with van der Waals surface area (Å²) in [6, 6.07) is 4.52. The minimum atomic E-state index is -0.446. The van der Waals surface area contributed by atoms with E-state index >= 15 is 0 Å². The summed E-state index contributed by atoms with van der Waals surface area (Å²) in [6.07, 6.45) is 7.22. The second-order valence-corrected chi connectivity index (χ2v) is 5.96. The molecule has 104 valence electrons. The van der Waals surface area contributed by atoms with E-state index in [1.165, 1.54) is 37.8 Å². The third-order valence-electron chi connectivity index (χ3n) is 4.18. The van der Waals surface area contributed by atoms with Crippen LogP contribution >= 0.6 is 11.6 Å². The molecule has 0 amide bonds. The Hall–Kier alpha value is -0.800. The molecule has 4 heteroatoms. The van der Waals surface area contributed by atoms with Crippen LogP contribution in [0.5, 0.6) is 5.75 Å². The van der Waals surface area contributed by atoms with Gasteiger partial charge in [-0.2, -0.15) is 0 Å². The van der Waals surface area contributed by atoms with Crippen molar-refractivity contribution in [2.24, 2.45) is 0 Å². The van der Waals surface area contributed by atoms with Crippen molar-refractivity contribution >= 4 is 11.6 Å². The quantitative estimate of drug-likeness (QED) is 0.821. The van der Waals surface area contributed by atoms with Gasteiger partial charge in [-0.3, -0.25) is 0 Å². The Morgan fingerprint density at radius 2 is 2.11 bits per heavy atom. The summed E-state index contributed by atoms with van der Waals surface area (Å²) in [4.78, 5) is 0. The summed E-state index contributed by atoms with van der Waals surface area (Å²) in [5, 5.41) is 0.120. The van der Waals surface area contributed by atoms with E-state index in [4.69, 9.17) is 21.1 Å². The molecule has 1 saturated heterocycles. The Labute approximate surface area is 117 Å². The maximum atomic E-state index is 13.3. The molecule has 1 aromatic rings. The van der Waals surface area contributed by atoms with Gasteiger partial charge in [-0.1, -0.05) is 24.4 Å². The lowest BCUT2D eigenvalue weighted by molar-refractivity contribution is -0.0509. The van der Waals surface area contributed by atoms with Gasteiger partial charge in [0.2, 0.25) is 0 Å². The molecule has 2 aliphatic rings. The molecule has 0 N–H and O–H groups in total. The van der Waals surface area contributed by atoms with E-state index in [0.29, 0.717) is 12.4 Å². The first-order chi connectivity index (χ1) is 9.17. The number of benzene rings is 1. The number of ether oxygens (including phenoxy) is 2. The lowest BCUT2D eigenvalue weighted by atomic mass is 9.98. The van der Waals surface area contributed by atoms with Crippen LogP contribution in [-0.4, -0.2) is 18.3 Å². The van der Waals surface area contributed by atoms with Crippen molar-refractivity contribution in [3.8, 4) is 5.75 Å². The lowest BCUT2D eigenvalue weighted by Crippen LogP contribution is -2.27. The van der Waals surface area contributed by atoms with Crippen molar-refractivity contribution in [2.75, 3.05) is 6.61 Å². The van der Waals surface area contributed by atoms with Crippen LogP contribution in [0.15, 0.2) is 18.2 Å². The first-order valence-electron chi connectivity index (χ1n) is 6.93. The highest BCUT2D eigenvalue weighted by atomic mass is 35.5. The summed E-state index contributed by atoms with van der Waals surface area (Å²) in [7, 11) is 0. The van der Waals surface area contributed by atoms with Crippen molar-refractivity contribution in [1.82, 2.24) is 0 Å². The van der Waals surface area contributed by atoms with Gasteiger partial charge < -0.3 is 9.47 Å². The highest BCUT2D eigenvalue weighted by Crippen LogP contribution is 2.43. The van der Waals surface area contributed by atoms with E-state index in [1.54, 1.807) is 6.07 Å². The fourth-order valence-electron chi connectivity index (χ4n) is 3.16. The van der Waals surface area contributed by atoms with Gasteiger partial charge in [-0.05, 0) is 37.8 Å². The summed E-state index contributed by atoms with van der Waals surface area (Å²) in [5.41, 5.74) is 0.124. The number of rotatable bonds is 3. The zero-order valence-electron chi connectivity index (χ0n) is 10.8. The topological polar surface area (TPSA) is 18.5 Å². The molecule has 3 rings (SSSR count). The fraction of sp³-hybridized carbons (Fsp3) is 0.600. The summed E-state index contributed by atoms with van der Waals surface area (Å²) < 4.78 is 25.0. The second kappa shape index (κ2) is 5.29. The summed E-state index contributed by atoms with van der Waals surface area (Å²) >= 11 is 5.63. The molecule has 1 heterocycles. The zero-order chi connectivity index (χ0) is 13.3. The third kappa shape index (κ3) is 2.87. The average molecular weight is 285 g/mol. The van der Waals surface area contributed by atoms with E-state index in [9.17, 15) is 4.39 Å². The predicted molar refractivity (Wildman–Crippen MR) is 72.2 cm³/mol. The molecule has 2 nitrogen and oxygen atoms in total. The minimum absolute atomic E-state index is 0.120. The van der Waals surface area contributed by atoms with Gasteiger partial charge in [-0.25, -0.2) is 4.39 Å². The highest BCUT2D eigenvalue weighted by Gasteiger charge is 2.42. The second-order valence-electron chi connectivity index (χ2n) is 5.56. The molecular formula is C15H18ClFO2. The third-order valence-corrected chi connectivity index (χ3v) is 4.49. The molecule has 0 aromatic heterocycles. The van der Waals surface area contributed by atoms with Gasteiger partial charge in [0.05, 0.1) is 16.7 Å². The summed E-state index contributed by atoms with van der Waals surface area (Å²) in [5.74, 6) is 0.0663. The predicted octanol–water partition coefficient (Wildman–Crippen LogP) is 4.35. The lowest BCUT2D eigenvalue weighted by Gasteiger charge is -2.23. The first kappa shape index (κ1) is 13.2. The molecule has 1 aromatic carbocycles. The van der Waals surface area contributed by atoms with Crippen LogP contribution in [0.4, 0.5) is 4.39 Å². The van der Waals surface area contributed by atoms with E-state index in [-0.39, 0.29) is 16.7 Å². The Morgan fingerprint density at radius 1 is 1.32 bits per heavy atom. The Kier molecular flexibility index (Phi) is 3.68. The Morgan fingerprint density at radius 3 is 2.84 bits per heavy atom. The van der Waals surface area contributed by atoms with Gasteiger partial charge in [0.15, 0.2) is 0 Å². The van der Waals surface area contributed by atoms with Crippen molar-refractivity contribution in [3.05, 3.63) is 29.0 Å². The maximum absolute atomic E-state index is 13.3.